The standard InChI is InChI=1S/C22H20BrN3O3/c1-14-9-17(15(2)26(14)19-6-4-3-5-18(19)23)12-24-25-22(27)11-16-7-8-20-21(10-16)29-13-28-20/h3-10,12H,11,13H2,1-2H3,(H,25,27)/b24-12-. The quantitative estimate of drug-likeness (QED) is 0.463. The van der Waals surface area contributed by atoms with Gasteiger partial charge in [-0.2, -0.15) is 5.10 Å². The molecule has 1 amide bonds. The number of hydrogen-bond donors (Lipinski definition) is 1. The number of rotatable bonds is 5. The number of para-hydroxylation sites is 1. The first-order valence-electron chi connectivity index (χ1n) is 9.17. The molecule has 29 heavy (non-hydrogen) atoms. The minimum Gasteiger partial charge on any atom is -0.454 e. The summed E-state index contributed by atoms with van der Waals surface area (Å²) in [5, 5.41) is 4.14. The van der Waals surface area contributed by atoms with E-state index in [1.807, 2.05) is 56.3 Å². The van der Waals surface area contributed by atoms with Gasteiger partial charge in [0.05, 0.1) is 18.3 Å². The molecular formula is C22H20BrN3O3. The second kappa shape index (κ2) is 8.13. The third-order valence-electron chi connectivity index (χ3n) is 4.76. The number of halogens is 1. The van der Waals surface area contributed by atoms with Crippen molar-refractivity contribution in [3.63, 3.8) is 0 Å². The fraction of sp³-hybridized carbons (Fsp3) is 0.182. The summed E-state index contributed by atoms with van der Waals surface area (Å²) in [6.45, 7) is 4.29. The number of nitrogens with zero attached hydrogens (tertiary/aromatic N) is 2. The smallest absolute Gasteiger partial charge is 0.244 e. The van der Waals surface area contributed by atoms with Crippen LogP contribution in [0.2, 0.25) is 0 Å². The highest BCUT2D eigenvalue weighted by Gasteiger charge is 2.15. The molecule has 0 saturated heterocycles. The van der Waals surface area contributed by atoms with E-state index in [-0.39, 0.29) is 19.1 Å². The molecule has 0 unspecified atom stereocenters. The Morgan fingerprint density at radius 1 is 1.17 bits per heavy atom. The molecule has 0 saturated carbocycles. The molecule has 0 atom stereocenters. The van der Waals surface area contributed by atoms with Crippen LogP contribution in [-0.2, 0) is 11.2 Å². The van der Waals surface area contributed by atoms with Crippen LogP contribution in [0.5, 0.6) is 11.5 Å². The number of ether oxygens (including phenoxy) is 2. The zero-order chi connectivity index (χ0) is 20.4. The maximum absolute atomic E-state index is 12.2. The molecule has 6 nitrogen and oxygen atoms in total. The molecule has 7 heteroatoms. The summed E-state index contributed by atoms with van der Waals surface area (Å²) in [5.41, 5.74) is 7.58. The molecule has 3 aromatic rings. The Bertz CT molecular complexity index is 1100. The van der Waals surface area contributed by atoms with Gasteiger partial charge in [0, 0.05) is 21.4 Å². The van der Waals surface area contributed by atoms with Gasteiger partial charge in [0.25, 0.3) is 0 Å². The van der Waals surface area contributed by atoms with Gasteiger partial charge in [-0.15, -0.1) is 0 Å². The van der Waals surface area contributed by atoms with Crippen molar-refractivity contribution >= 4 is 28.1 Å². The zero-order valence-electron chi connectivity index (χ0n) is 16.1. The number of amides is 1. The molecule has 2 heterocycles. The highest BCUT2D eigenvalue weighted by Crippen LogP contribution is 2.32. The van der Waals surface area contributed by atoms with Crippen LogP contribution < -0.4 is 14.9 Å². The SMILES string of the molecule is Cc1cc(/C=N\NC(=O)Cc2ccc3c(c2)OCO3)c(C)n1-c1ccccc1Br. The van der Waals surface area contributed by atoms with Crippen LogP contribution in [0.15, 0.2) is 58.1 Å². The lowest BCUT2D eigenvalue weighted by atomic mass is 10.1. The molecule has 1 aliphatic heterocycles. The molecular weight excluding hydrogens is 434 g/mol. The minimum absolute atomic E-state index is 0.195. The maximum atomic E-state index is 12.2. The van der Waals surface area contributed by atoms with Gasteiger partial charge in [-0.3, -0.25) is 4.79 Å². The Kier molecular flexibility index (Phi) is 5.40. The molecule has 1 N–H and O–H groups in total. The highest BCUT2D eigenvalue weighted by atomic mass is 79.9. The van der Waals surface area contributed by atoms with Gasteiger partial charge in [-0.25, -0.2) is 5.43 Å². The average Bonchev–Trinajstić information content (AvgIpc) is 3.26. The van der Waals surface area contributed by atoms with E-state index in [1.165, 1.54) is 0 Å². The predicted octanol–water partition coefficient (Wildman–Crippen LogP) is 4.28. The minimum atomic E-state index is -0.195. The van der Waals surface area contributed by atoms with Crippen LogP contribution in [0.4, 0.5) is 0 Å². The third-order valence-corrected chi connectivity index (χ3v) is 5.43. The lowest BCUT2D eigenvalue weighted by Crippen LogP contribution is -2.19. The number of carbonyl (C=O) groups excluding carboxylic acids is 1. The summed E-state index contributed by atoms with van der Waals surface area (Å²) in [7, 11) is 0. The lowest BCUT2D eigenvalue weighted by Gasteiger charge is -2.11. The van der Waals surface area contributed by atoms with Crippen LogP contribution in [0.25, 0.3) is 5.69 Å². The number of hydrazone groups is 1. The van der Waals surface area contributed by atoms with E-state index in [1.54, 1.807) is 6.21 Å². The largest absolute Gasteiger partial charge is 0.454 e. The molecule has 2 aromatic carbocycles. The van der Waals surface area contributed by atoms with Crippen molar-refractivity contribution in [3.8, 4) is 17.2 Å². The fourth-order valence-corrected chi connectivity index (χ4v) is 3.83. The number of hydrogen-bond acceptors (Lipinski definition) is 4. The monoisotopic (exact) mass is 453 g/mol. The molecule has 0 fully saturated rings. The first-order valence-corrected chi connectivity index (χ1v) is 9.96. The summed E-state index contributed by atoms with van der Waals surface area (Å²) in [6.07, 6.45) is 1.89. The van der Waals surface area contributed by atoms with Crippen LogP contribution >= 0.6 is 15.9 Å². The highest BCUT2D eigenvalue weighted by molar-refractivity contribution is 9.10. The lowest BCUT2D eigenvalue weighted by molar-refractivity contribution is -0.120. The van der Waals surface area contributed by atoms with Gasteiger partial charge in [0.2, 0.25) is 12.7 Å². The van der Waals surface area contributed by atoms with E-state index in [2.05, 4.69) is 37.1 Å². The van der Waals surface area contributed by atoms with Gasteiger partial charge >= 0.3 is 0 Å². The van der Waals surface area contributed by atoms with E-state index in [0.717, 1.165) is 32.7 Å². The first kappa shape index (κ1) is 19.3. The van der Waals surface area contributed by atoms with Crippen molar-refractivity contribution in [2.45, 2.75) is 20.3 Å². The van der Waals surface area contributed by atoms with Gasteiger partial charge < -0.3 is 14.0 Å². The van der Waals surface area contributed by atoms with Crippen LogP contribution in [0, 0.1) is 13.8 Å². The Balaban J connectivity index is 1.44. The van der Waals surface area contributed by atoms with Crippen molar-refractivity contribution in [1.29, 1.82) is 0 Å². The Labute approximate surface area is 177 Å². The molecule has 0 aliphatic carbocycles. The van der Waals surface area contributed by atoms with Crippen molar-refractivity contribution in [2.24, 2.45) is 5.10 Å². The molecule has 0 spiro atoms. The second-order valence-electron chi connectivity index (χ2n) is 6.77. The van der Waals surface area contributed by atoms with E-state index >= 15 is 0 Å². The van der Waals surface area contributed by atoms with Crippen molar-refractivity contribution < 1.29 is 14.3 Å². The van der Waals surface area contributed by atoms with Gasteiger partial charge in [-0.05, 0) is 65.7 Å². The summed E-state index contributed by atoms with van der Waals surface area (Å²) in [6, 6.07) is 15.6. The first-order chi connectivity index (χ1) is 14.0. The Hall–Kier alpha value is -3.06. The van der Waals surface area contributed by atoms with Crippen molar-refractivity contribution in [1.82, 2.24) is 9.99 Å². The van der Waals surface area contributed by atoms with E-state index in [0.29, 0.717) is 11.5 Å². The third kappa shape index (κ3) is 4.05. The summed E-state index contributed by atoms with van der Waals surface area (Å²) < 4.78 is 13.8. The molecule has 1 aromatic heterocycles. The topological polar surface area (TPSA) is 64.8 Å². The van der Waals surface area contributed by atoms with Gasteiger partial charge in [0.15, 0.2) is 11.5 Å². The summed E-state index contributed by atoms with van der Waals surface area (Å²) in [4.78, 5) is 12.2. The molecule has 0 bridgehead atoms. The number of benzene rings is 2. The maximum Gasteiger partial charge on any atom is 0.244 e. The van der Waals surface area contributed by atoms with Crippen LogP contribution in [0.3, 0.4) is 0 Å². The number of nitrogens with one attached hydrogen (secondary N) is 1. The number of aromatic nitrogens is 1. The van der Waals surface area contributed by atoms with E-state index in [4.69, 9.17) is 9.47 Å². The van der Waals surface area contributed by atoms with Crippen molar-refractivity contribution in [2.75, 3.05) is 6.79 Å². The number of aryl methyl sites for hydroxylation is 1. The fourth-order valence-electron chi connectivity index (χ4n) is 3.37. The Morgan fingerprint density at radius 2 is 1.97 bits per heavy atom. The van der Waals surface area contributed by atoms with E-state index < -0.39 is 0 Å². The average molecular weight is 454 g/mol. The summed E-state index contributed by atoms with van der Waals surface area (Å²) >= 11 is 3.60. The van der Waals surface area contributed by atoms with Crippen molar-refractivity contribution in [3.05, 3.63) is 75.5 Å². The number of carbonyl (C=O) groups is 1. The summed E-state index contributed by atoms with van der Waals surface area (Å²) in [5.74, 6) is 1.17. The molecule has 148 valence electrons. The second-order valence-corrected chi connectivity index (χ2v) is 7.63. The molecule has 1 aliphatic rings. The predicted molar refractivity (Wildman–Crippen MR) is 115 cm³/mol. The van der Waals surface area contributed by atoms with Crippen LogP contribution in [0.1, 0.15) is 22.5 Å². The van der Waals surface area contributed by atoms with Gasteiger partial charge in [0.1, 0.15) is 0 Å². The number of fused-ring (bicyclic) bond motifs is 1. The normalized spacial score (nSPS) is 12.5. The zero-order valence-corrected chi connectivity index (χ0v) is 17.7. The molecule has 4 rings (SSSR count). The van der Waals surface area contributed by atoms with Crippen LogP contribution in [-0.4, -0.2) is 23.5 Å². The van der Waals surface area contributed by atoms with Gasteiger partial charge in [-0.1, -0.05) is 18.2 Å². The van der Waals surface area contributed by atoms with E-state index in [9.17, 15) is 4.79 Å². The Morgan fingerprint density at radius 3 is 2.79 bits per heavy atom. The molecule has 0 radical (unpaired) electrons.